The highest BCUT2D eigenvalue weighted by atomic mass is 32.1. The SMILES string of the molecule is O=C(O)OC1CN(c2nccnc2Oc2ccc(Nc3nc4ccccc4s3)cc2)C1. The zero-order valence-corrected chi connectivity index (χ0v) is 17.0. The summed E-state index contributed by atoms with van der Waals surface area (Å²) < 4.78 is 11.8. The minimum Gasteiger partial charge on any atom is -0.450 e. The minimum absolute atomic E-state index is 0.350. The number of ether oxygens (including phenoxy) is 2. The molecule has 3 heterocycles. The summed E-state index contributed by atoms with van der Waals surface area (Å²) in [7, 11) is 0. The van der Waals surface area contributed by atoms with E-state index >= 15 is 0 Å². The van der Waals surface area contributed by atoms with Crippen molar-refractivity contribution in [2.75, 3.05) is 23.3 Å². The summed E-state index contributed by atoms with van der Waals surface area (Å²) in [6.45, 7) is 0.818. The number of fused-ring (bicyclic) bond motifs is 1. The second-order valence-electron chi connectivity index (χ2n) is 6.83. The number of carboxylic acid groups (broad SMARTS) is 1. The molecule has 0 amide bonds. The number of nitrogens with one attached hydrogen (secondary N) is 1. The molecule has 0 atom stereocenters. The summed E-state index contributed by atoms with van der Waals surface area (Å²) in [5, 5.41) is 12.8. The van der Waals surface area contributed by atoms with Crippen LogP contribution < -0.4 is 15.0 Å². The average Bonchev–Trinajstić information content (AvgIpc) is 3.15. The monoisotopic (exact) mass is 435 g/mol. The van der Waals surface area contributed by atoms with Crippen LogP contribution in [0.3, 0.4) is 0 Å². The second kappa shape index (κ2) is 8.07. The Balaban J connectivity index is 1.25. The van der Waals surface area contributed by atoms with Crippen molar-refractivity contribution in [3.05, 3.63) is 60.9 Å². The van der Waals surface area contributed by atoms with Gasteiger partial charge in [-0.25, -0.2) is 19.7 Å². The van der Waals surface area contributed by atoms with Gasteiger partial charge in [0, 0.05) is 18.1 Å². The van der Waals surface area contributed by atoms with Crippen LogP contribution in [0.2, 0.25) is 0 Å². The maximum absolute atomic E-state index is 10.6. The molecule has 1 fully saturated rings. The summed E-state index contributed by atoms with van der Waals surface area (Å²) in [6.07, 6.45) is 1.46. The fourth-order valence-corrected chi connectivity index (χ4v) is 4.09. The fraction of sp³-hybridized carbons (Fsp3) is 0.143. The van der Waals surface area contributed by atoms with Gasteiger partial charge in [0.1, 0.15) is 11.9 Å². The predicted octanol–water partition coefficient (Wildman–Crippen LogP) is 4.51. The van der Waals surface area contributed by atoms with Crippen LogP contribution in [0, 0.1) is 0 Å². The lowest BCUT2D eigenvalue weighted by atomic mass is 10.2. The molecule has 5 rings (SSSR count). The first-order valence-corrected chi connectivity index (χ1v) is 10.3. The lowest BCUT2D eigenvalue weighted by Crippen LogP contribution is -2.53. The van der Waals surface area contributed by atoms with Crippen molar-refractivity contribution in [2.24, 2.45) is 0 Å². The van der Waals surface area contributed by atoms with E-state index in [4.69, 9.17) is 14.6 Å². The largest absolute Gasteiger partial charge is 0.506 e. The number of thiazole rings is 1. The highest BCUT2D eigenvalue weighted by molar-refractivity contribution is 7.22. The molecule has 0 bridgehead atoms. The molecule has 2 N–H and O–H groups in total. The Morgan fingerprint density at radius 1 is 1.10 bits per heavy atom. The Bertz CT molecular complexity index is 1190. The molecule has 2 aromatic heterocycles. The Kier molecular flexibility index (Phi) is 4.97. The van der Waals surface area contributed by atoms with Crippen LogP contribution in [-0.4, -0.2) is 45.4 Å². The molecule has 10 heteroatoms. The van der Waals surface area contributed by atoms with Gasteiger partial charge >= 0.3 is 6.16 Å². The summed E-state index contributed by atoms with van der Waals surface area (Å²) in [4.78, 5) is 25.7. The van der Waals surface area contributed by atoms with Gasteiger partial charge in [-0.1, -0.05) is 23.5 Å². The summed E-state index contributed by atoms with van der Waals surface area (Å²) in [6, 6.07) is 15.5. The molecular formula is C21H17N5O4S. The van der Waals surface area contributed by atoms with Gasteiger partial charge in [0.05, 0.1) is 23.3 Å². The topological polar surface area (TPSA) is 110 Å². The van der Waals surface area contributed by atoms with Crippen LogP contribution in [0.15, 0.2) is 60.9 Å². The van der Waals surface area contributed by atoms with Crippen molar-refractivity contribution >= 4 is 44.3 Å². The van der Waals surface area contributed by atoms with E-state index in [1.165, 1.54) is 0 Å². The van der Waals surface area contributed by atoms with Crippen LogP contribution in [0.5, 0.6) is 11.6 Å². The van der Waals surface area contributed by atoms with Gasteiger partial charge < -0.3 is 24.8 Å². The molecule has 9 nitrogen and oxygen atoms in total. The van der Waals surface area contributed by atoms with E-state index in [-0.39, 0.29) is 6.10 Å². The van der Waals surface area contributed by atoms with Crippen LogP contribution in [0.1, 0.15) is 0 Å². The molecule has 0 saturated carbocycles. The van der Waals surface area contributed by atoms with Crippen LogP contribution in [-0.2, 0) is 4.74 Å². The molecule has 0 spiro atoms. The van der Waals surface area contributed by atoms with E-state index in [1.54, 1.807) is 23.7 Å². The van der Waals surface area contributed by atoms with Crippen molar-refractivity contribution in [1.82, 2.24) is 15.0 Å². The molecule has 156 valence electrons. The first-order valence-electron chi connectivity index (χ1n) is 9.50. The molecule has 31 heavy (non-hydrogen) atoms. The number of rotatable bonds is 6. The zero-order chi connectivity index (χ0) is 21.2. The Hall–Kier alpha value is -3.92. The van der Waals surface area contributed by atoms with Gasteiger partial charge in [0.25, 0.3) is 5.88 Å². The predicted molar refractivity (Wildman–Crippen MR) is 117 cm³/mol. The standard InChI is InChI=1S/C21H17N5O4S/c27-21(28)30-15-11-26(12-15)18-19(23-10-9-22-18)29-14-7-5-13(6-8-14)24-20-25-16-3-1-2-4-17(16)31-20/h1-10,15H,11-12H2,(H,24,25)(H,27,28). The molecular weight excluding hydrogens is 418 g/mol. The molecule has 4 aromatic rings. The smallest absolute Gasteiger partial charge is 0.450 e. The van der Waals surface area contributed by atoms with Crippen molar-refractivity contribution < 1.29 is 19.4 Å². The van der Waals surface area contributed by atoms with Gasteiger partial charge in [-0.3, -0.25) is 0 Å². The maximum atomic E-state index is 10.6. The summed E-state index contributed by atoms with van der Waals surface area (Å²) in [5.41, 5.74) is 1.86. The van der Waals surface area contributed by atoms with Crippen LogP contribution >= 0.6 is 11.3 Å². The average molecular weight is 435 g/mol. The fourth-order valence-electron chi connectivity index (χ4n) is 3.20. The summed E-state index contributed by atoms with van der Waals surface area (Å²) in [5.74, 6) is 1.50. The maximum Gasteiger partial charge on any atom is 0.506 e. The number of carbonyl (C=O) groups is 1. The van der Waals surface area contributed by atoms with E-state index in [9.17, 15) is 4.79 Å². The zero-order valence-electron chi connectivity index (χ0n) is 16.1. The van der Waals surface area contributed by atoms with Crippen molar-refractivity contribution in [3.63, 3.8) is 0 Å². The number of hydrogen-bond acceptors (Lipinski definition) is 9. The van der Waals surface area contributed by atoms with E-state index in [1.807, 2.05) is 53.4 Å². The first-order chi connectivity index (χ1) is 15.1. The van der Waals surface area contributed by atoms with Crippen LogP contribution in [0.25, 0.3) is 10.2 Å². The highest BCUT2D eigenvalue weighted by Gasteiger charge is 2.33. The number of aromatic nitrogens is 3. The number of anilines is 3. The Labute approximate surface area is 180 Å². The minimum atomic E-state index is -1.28. The number of hydrogen-bond donors (Lipinski definition) is 2. The third-order valence-corrected chi connectivity index (χ3v) is 5.63. The van der Waals surface area contributed by atoms with Gasteiger partial charge in [0.2, 0.25) is 0 Å². The highest BCUT2D eigenvalue weighted by Crippen LogP contribution is 2.33. The molecule has 1 aliphatic heterocycles. The van der Waals surface area contributed by atoms with Gasteiger partial charge in [-0.2, -0.15) is 0 Å². The van der Waals surface area contributed by atoms with Gasteiger partial charge in [0.15, 0.2) is 10.9 Å². The summed E-state index contributed by atoms with van der Waals surface area (Å²) >= 11 is 1.59. The number of para-hydroxylation sites is 1. The molecule has 0 radical (unpaired) electrons. The number of benzene rings is 2. The molecule has 1 saturated heterocycles. The lowest BCUT2D eigenvalue weighted by molar-refractivity contribution is 0.0395. The molecule has 0 unspecified atom stereocenters. The van der Waals surface area contributed by atoms with Crippen LogP contribution in [0.4, 0.5) is 21.4 Å². The number of nitrogens with zero attached hydrogens (tertiary/aromatic N) is 4. The van der Waals surface area contributed by atoms with Crippen molar-refractivity contribution in [3.8, 4) is 11.6 Å². The molecule has 0 aliphatic carbocycles. The second-order valence-corrected chi connectivity index (χ2v) is 7.86. The third kappa shape index (κ3) is 4.19. The van der Waals surface area contributed by atoms with E-state index in [0.717, 1.165) is 21.0 Å². The van der Waals surface area contributed by atoms with E-state index < -0.39 is 6.16 Å². The van der Waals surface area contributed by atoms with Gasteiger partial charge in [-0.15, -0.1) is 0 Å². The normalized spacial score (nSPS) is 13.6. The first kappa shape index (κ1) is 19.1. The third-order valence-electron chi connectivity index (χ3n) is 4.68. The molecule has 1 aliphatic rings. The van der Waals surface area contributed by atoms with E-state index in [0.29, 0.717) is 30.5 Å². The Morgan fingerprint density at radius 3 is 2.65 bits per heavy atom. The quantitative estimate of drug-likeness (QED) is 0.423. The Morgan fingerprint density at radius 2 is 1.87 bits per heavy atom. The molecule has 2 aromatic carbocycles. The van der Waals surface area contributed by atoms with Crippen molar-refractivity contribution in [2.45, 2.75) is 6.10 Å². The lowest BCUT2D eigenvalue weighted by Gasteiger charge is -2.38. The van der Waals surface area contributed by atoms with E-state index in [2.05, 4.69) is 20.3 Å². The van der Waals surface area contributed by atoms with Gasteiger partial charge in [-0.05, 0) is 36.4 Å². The van der Waals surface area contributed by atoms with Crippen molar-refractivity contribution in [1.29, 1.82) is 0 Å².